The van der Waals surface area contributed by atoms with E-state index in [1.807, 2.05) is 0 Å². The van der Waals surface area contributed by atoms with Crippen molar-refractivity contribution in [3.8, 4) is 5.75 Å². The van der Waals surface area contributed by atoms with Gasteiger partial charge in [-0.2, -0.15) is 0 Å². The summed E-state index contributed by atoms with van der Waals surface area (Å²) in [5.74, 6) is 0.478. The van der Waals surface area contributed by atoms with Gasteiger partial charge in [0.15, 0.2) is 5.75 Å². The molecule has 5 heteroatoms. The van der Waals surface area contributed by atoms with Crippen LogP contribution in [0.25, 0.3) is 0 Å². The molecule has 0 unspecified atom stereocenters. The molecule has 0 atom stereocenters. The van der Waals surface area contributed by atoms with Crippen molar-refractivity contribution in [2.75, 3.05) is 0 Å². The second kappa shape index (κ2) is 4.66. The molecule has 0 aromatic carbocycles. The topological polar surface area (TPSA) is 59.7 Å². The highest BCUT2D eigenvalue weighted by Gasteiger charge is 2.39. The lowest BCUT2D eigenvalue weighted by Crippen LogP contribution is -2.44. The third kappa shape index (κ3) is 3.20. The molecule has 0 aliphatic carbocycles. The van der Waals surface area contributed by atoms with Crippen molar-refractivity contribution >= 4 is 8.32 Å². The predicted molar refractivity (Wildman–Crippen MR) is 68.7 cm³/mol. The van der Waals surface area contributed by atoms with E-state index in [0.29, 0.717) is 0 Å². The molecule has 1 aromatic heterocycles. The minimum absolute atomic E-state index is 0.0229. The van der Waals surface area contributed by atoms with E-state index in [4.69, 9.17) is 13.9 Å². The molecule has 0 spiro atoms. The van der Waals surface area contributed by atoms with Crippen LogP contribution in [-0.4, -0.2) is 13.4 Å². The first kappa shape index (κ1) is 14.0. The minimum atomic E-state index is -2.03. The average molecular weight is 256 g/mol. The summed E-state index contributed by atoms with van der Waals surface area (Å²) >= 11 is 0. The Bertz CT molecular complexity index is 443. The number of hydrogen-bond donors (Lipinski definition) is 1. The fraction of sp³-hybridized carbons (Fsp3) is 0.583. The number of aliphatic hydroxyl groups excluding tert-OH is 1. The lowest BCUT2D eigenvalue weighted by molar-refractivity contribution is 0.242. The second-order valence-corrected chi connectivity index (χ2v) is 10.3. The number of hydrogen-bond acceptors (Lipinski definition) is 4. The quantitative estimate of drug-likeness (QED) is 0.844. The highest BCUT2D eigenvalue weighted by atomic mass is 28.4. The van der Waals surface area contributed by atoms with Gasteiger partial charge < -0.3 is 13.9 Å². The summed E-state index contributed by atoms with van der Waals surface area (Å²) in [4.78, 5) is 11.7. The van der Waals surface area contributed by atoms with Crippen molar-refractivity contribution in [3.05, 3.63) is 28.3 Å². The largest absolute Gasteiger partial charge is 0.539 e. The van der Waals surface area contributed by atoms with Crippen LogP contribution in [-0.2, 0) is 6.61 Å². The molecule has 0 bridgehead atoms. The van der Waals surface area contributed by atoms with Crippen molar-refractivity contribution in [2.24, 2.45) is 0 Å². The third-order valence-corrected chi connectivity index (χ3v) is 7.52. The first-order valence-electron chi connectivity index (χ1n) is 5.59. The molecule has 4 nitrogen and oxygen atoms in total. The van der Waals surface area contributed by atoms with Gasteiger partial charge in [0.1, 0.15) is 18.6 Å². The van der Waals surface area contributed by atoms with E-state index in [0.717, 1.165) is 0 Å². The molecule has 0 saturated carbocycles. The smallest absolute Gasteiger partial charge is 0.250 e. The fourth-order valence-electron chi connectivity index (χ4n) is 1.02. The van der Waals surface area contributed by atoms with Crippen molar-refractivity contribution in [3.63, 3.8) is 0 Å². The monoisotopic (exact) mass is 256 g/mol. The highest BCUT2D eigenvalue weighted by Crippen LogP contribution is 2.36. The summed E-state index contributed by atoms with van der Waals surface area (Å²) in [5, 5.41) is 8.87. The summed E-state index contributed by atoms with van der Waals surface area (Å²) in [6.45, 7) is 10.1. The standard InChI is InChI=1S/C12H20O4Si/c1-12(2,3)17(4,5)16-11-8-15-9(7-13)6-10(11)14/h6,8,13H,7H2,1-5H3. The number of rotatable bonds is 3. The van der Waals surface area contributed by atoms with Crippen LogP contribution < -0.4 is 9.85 Å². The Morgan fingerprint density at radius 2 is 2.00 bits per heavy atom. The average Bonchev–Trinajstić information content (AvgIpc) is 2.19. The van der Waals surface area contributed by atoms with Crippen LogP contribution in [0.3, 0.4) is 0 Å². The highest BCUT2D eigenvalue weighted by molar-refractivity contribution is 6.74. The van der Waals surface area contributed by atoms with Gasteiger partial charge >= 0.3 is 0 Å². The van der Waals surface area contributed by atoms with Crippen LogP contribution in [0.4, 0.5) is 0 Å². The van der Waals surface area contributed by atoms with E-state index in [9.17, 15) is 4.79 Å². The molecule has 96 valence electrons. The van der Waals surface area contributed by atoms with Crippen LogP contribution in [0, 0.1) is 0 Å². The Balaban J connectivity index is 3.01. The molecule has 1 aromatic rings. The van der Waals surface area contributed by atoms with Crippen LogP contribution in [0.5, 0.6) is 5.75 Å². The SMILES string of the molecule is CC(C)(C)[Si](C)(C)Oc1coc(CO)cc1=O. The summed E-state index contributed by atoms with van der Waals surface area (Å²) in [6.07, 6.45) is 1.29. The Hall–Kier alpha value is -1.07. The van der Waals surface area contributed by atoms with Gasteiger partial charge in [-0.05, 0) is 18.1 Å². The summed E-state index contributed by atoms with van der Waals surface area (Å²) < 4.78 is 10.9. The molecular weight excluding hydrogens is 236 g/mol. The van der Waals surface area contributed by atoms with Crippen molar-refractivity contribution in [2.45, 2.75) is 45.5 Å². The Labute approximate surface area is 102 Å². The minimum Gasteiger partial charge on any atom is -0.539 e. The van der Waals surface area contributed by atoms with Crippen LogP contribution >= 0.6 is 0 Å². The maximum atomic E-state index is 11.7. The second-order valence-electron chi connectivity index (χ2n) is 5.60. The third-order valence-electron chi connectivity index (χ3n) is 3.18. The zero-order valence-corrected chi connectivity index (χ0v) is 12.0. The van der Waals surface area contributed by atoms with Crippen LogP contribution in [0.2, 0.25) is 18.1 Å². The van der Waals surface area contributed by atoms with E-state index < -0.39 is 8.32 Å². The van der Waals surface area contributed by atoms with Crippen molar-refractivity contribution < 1.29 is 13.9 Å². The Morgan fingerprint density at radius 1 is 1.41 bits per heavy atom. The molecule has 1 N–H and O–H groups in total. The number of aliphatic hydroxyl groups is 1. The van der Waals surface area contributed by atoms with Gasteiger partial charge in [0.05, 0.1) is 0 Å². The van der Waals surface area contributed by atoms with Gasteiger partial charge in [0, 0.05) is 6.07 Å². The molecule has 0 saturated heterocycles. The molecule has 0 aliphatic heterocycles. The maximum Gasteiger partial charge on any atom is 0.250 e. The van der Waals surface area contributed by atoms with E-state index in [-0.39, 0.29) is 28.6 Å². The summed E-state index contributed by atoms with van der Waals surface area (Å²) in [5.41, 5.74) is -0.245. The van der Waals surface area contributed by atoms with Gasteiger partial charge in [0.25, 0.3) is 8.32 Å². The van der Waals surface area contributed by atoms with E-state index in [1.54, 1.807) is 0 Å². The van der Waals surface area contributed by atoms with Gasteiger partial charge in [-0.1, -0.05) is 20.8 Å². The summed E-state index contributed by atoms with van der Waals surface area (Å²) in [6, 6.07) is 1.27. The van der Waals surface area contributed by atoms with Crippen LogP contribution in [0.1, 0.15) is 26.5 Å². The van der Waals surface area contributed by atoms with Gasteiger partial charge in [-0.25, -0.2) is 0 Å². The van der Waals surface area contributed by atoms with Gasteiger partial charge in [-0.3, -0.25) is 4.79 Å². The lowest BCUT2D eigenvalue weighted by Gasteiger charge is -2.35. The maximum absolute atomic E-state index is 11.7. The zero-order valence-electron chi connectivity index (χ0n) is 11.0. The molecular formula is C12H20O4Si. The predicted octanol–water partition coefficient (Wildman–Crippen LogP) is 2.52. The van der Waals surface area contributed by atoms with Crippen molar-refractivity contribution in [1.82, 2.24) is 0 Å². The molecule has 0 aliphatic rings. The Kier molecular flexibility index (Phi) is 3.83. The Morgan fingerprint density at radius 3 is 2.41 bits per heavy atom. The zero-order chi connectivity index (χ0) is 13.3. The van der Waals surface area contributed by atoms with Crippen LogP contribution in [0.15, 0.2) is 21.5 Å². The lowest BCUT2D eigenvalue weighted by atomic mass is 10.2. The molecule has 17 heavy (non-hydrogen) atoms. The molecule has 0 amide bonds. The molecule has 0 radical (unpaired) electrons. The van der Waals surface area contributed by atoms with Crippen molar-refractivity contribution in [1.29, 1.82) is 0 Å². The molecule has 1 rings (SSSR count). The van der Waals surface area contributed by atoms with E-state index >= 15 is 0 Å². The van der Waals surface area contributed by atoms with E-state index in [1.165, 1.54) is 12.3 Å². The molecule has 1 heterocycles. The first-order chi connectivity index (χ1) is 7.67. The molecule has 0 fully saturated rings. The van der Waals surface area contributed by atoms with Gasteiger partial charge in [0.2, 0.25) is 5.43 Å². The fourth-order valence-corrected chi connectivity index (χ4v) is 2.03. The van der Waals surface area contributed by atoms with Gasteiger partial charge in [-0.15, -0.1) is 0 Å². The summed E-state index contributed by atoms with van der Waals surface area (Å²) in [7, 11) is -2.03. The van der Waals surface area contributed by atoms with E-state index in [2.05, 4.69) is 33.9 Å². The first-order valence-corrected chi connectivity index (χ1v) is 8.50. The normalized spacial score (nSPS) is 12.6.